The van der Waals surface area contributed by atoms with Gasteiger partial charge >= 0.3 is 0 Å². The molecular formula is C14H20FN3. The van der Waals surface area contributed by atoms with Crippen LogP contribution >= 0.6 is 0 Å². The van der Waals surface area contributed by atoms with Gasteiger partial charge in [-0.15, -0.1) is 0 Å². The Bertz CT molecular complexity index is 529. The van der Waals surface area contributed by atoms with E-state index in [-0.39, 0.29) is 11.9 Å². The number of para-hydroxylation sites is 1. The van der Waals surface area contributed by atoms with E-state index >= 15 is 0 Å². The van der Waals surface area contributed by atoms with Crippen molar-refractivity contribution >= 4 is 11.0 Å². The van der Waals surface area contributed by atoms with E-state index in [0.717, 1.165) is 30.7 Å². The fourth-order valence-electron chi connectivity index (χ4n) is 2.37. The second-order valence-corrected chi connectivity index (χ2v) is 4.48. The molecule has 1 aromatic carbocycles. The number of hydrogen-bond acceptors (Lipinski definition) is 2. The summed E-state index contributed by atoms with van der Waals surface area (Å²) in [7, 11) is 1.92. The van der Waals surface area contributed by atoms with Crippen LogP contribution in [0.1, 0.15) is 38.6 Å². The first kappa shape index (κ1) is 13.0. The third-order valence-electron chi connectivity index (χ3n) is 3.27. The van der Waals surface area contributed by atoms with Crippen LogP contribution in [-0.4, -0.2) is 16.6 Å². The minimum absolute atomic E-state index is 0.170. The highest BCUT2D eigenvalue weighted by Gasteiger charge is 2.18. The maximum absolute atomic E-state index is 13.8. The molecule has 0 bridgehead atoms. The molecule has 0 spiro atoms. The summed E-state index contributed by atoms with van der Waals surface area (Å²) >= 11 is 0. The number of imidazole rings is 1. The molecule has 4 heteroatoms. The Morgan fingerprint density at radius 1 is 1.39 bits per heavy atom. The summed E-state index contributed by atoms with van der Waals surface area (Å²) in [6, 6.07) is 5.32. The van der Waals surface area contributed by atoms with Gasteiger partial charge in [-0.05, 0) is 32.0 Å². The molecule has 0 aliphatic carbocycles. The summed E-state index contributed by atoms with van der Waals surface area (Å²) in [5, 5.41) is 3.24. The van der Waals surface area contributed by atoms with Crippen molar-refractivity contribution in [2.75, 3.05) is 7.05 Å². The second kappa shape index (κ2) is 5.48. The number of rotatable bonds is 5. The summed E-state index contributed by atoms with van der Waals surface area (Å²) in [6.07, 6.45) is 1.94. The zero-order chi connectivity index (χ0) is 13.1. The molecule has 0 amide bonds. The lowest BCUT2D eigenvalue weighted by Gasteiger charge is -2.15. The van der Waals surface area contributed by atoms with Crippen LogP contribution < -0.4 is 5.32 Å². The van der Waals surface area contributed by atoms with Crippen LogP contribution in [-0.2, 0) is 6.54 Å². The predicted molar refractivity (Wildman–Crippen MR) is 72.1 cm³/mol. The lowest BCUT2D eigenvalue weighted by atomic mass is 10.2. The molecule has 0 aliphatic heterocycles. The molecule has 2 rings (SSSR count). The molecule has 1 unspecified atom stereocenters. The average molecular weight is 249 g/mol. The Morgan fingerprint density at radius 3 is 2.78 bits per heavy atom. The minimum Gasteiger partial charge on any atom is -0.327 e. The van der Waals surface area contributed by atoms with Crippen molar-refractivity contribution in [2.45, 2.75) is 39.3 Å². The topological polar surface area (TPSA) is 29.9 Å². The molecule has 2 aromatic rings. The van der Waals surface area contributed by atoms with Crippen molar-refractivity contribution in [3.05, 3.63) is 29.8 Å². The average Bonchev–Trinajstić information content (AvgIpc) is 2.73. The predicted octanol–water partition coefficient (Wildman–Crippen LogP) is 3.26. The Hall–Kier alpha value is -1.42. The van der Waals surface area contributed by atoms with Crippen LogP contribution in [0.15, 0.2) is 18.2 Å². The van der Waals surface area contributed by atoms with Gasteiger partial charge in [0.25, 0.3) is 0 Å². The van der Waals surface area contributed by atoms with Crippen LogP contribution in [0.5, 0.6) is 0 Å². The first-order chi connectivity index (χ1) is 8.72. The summed E-state index contributed by atoms with van der Waals surface area (Å²) in [6.45, 7) is 5.09. The van der Waals surface area contributed by atoms with E-state index in [9.17, 15) is 4.39 Å². The quantitative estimate of drug-likeness (QED) is 0.881. The first-order valence-electron chi connectivity index (χ1n) is 6.54. The molecule has 0 radical (unpaired) electrons. The maximum atomic E-state index is 13.8. The van der Waals surface area contributed by atoms with Gasteiger partial charge in [0.2, 0.25) is 0 Å². The summed E-state index contributed by atoms with van der Waals surface area (Å²) < 4.78 is 15.9. The Morgan fingerprint density at radius 2 is 2.17 bits per heavy atom. The lowest BCUT2D eigenvalue weighted by Crippen LogP contribution is -2.20. The Kier molecular flexibility index (Phi) is 3.97. The van der Waals surface area contributed by atoms with Crippen molar-refractivity contribution in [3.8, 4) is 0 Å². The van der Waals surface area contributed by atoms with Crippen molar-refractivity contribution < 1.29 is 4.39 Å². The monoisotopic (exact) mass is 249 g/mol. The Labute approximate surface area is 107 Å². The van der Waals surface area contributed by atoms with Gasteiger partial charge in [-0.2, -0.15) is 0 Å². The SMILES string of the molecule is CCCn1c(C(CC)NC)nc2c(F)cccc21. The van der Waals surface area contributed by atoms with E-state index in [1.807, 2.05) is 13.1 Å². The zero-order valence-electron chi connectivity index (χ0n) is 11.2. The molecule has 0 fully saturated rings. The molecule has 1 atom stereocenters. The van der Waals surface area contributed by atoms with Gasteiger partial charge in [-0.3, -0.25) is 0 Å². The van der Waals surface area contributed by atoms with E-state index in [1.165, 1.54) is 6.07 Å². The molecule has 1 heterocycles. The van der Waals surface area contributed by atoms with E-state index < -0.39 is 0 Å². The second-order valence-electron chi connectivity index (χ2n) is 4.48. The molecule has 0 saturated carbocycles. The largest absolute Gasteiger partial charge is 0.327 e. The number of nitrogens with one attached hydrogen (secondary N) is 1. The normalized spacial score (nSPS) is 13.1. The maximum Gasteiger partial charge on any atom is 0.151 e. The van der Waals surface area contributed by atoms with Gasteiger partial charge in [0.05, 0.1) is 11.6 Å². The van der Waals surface area contributed by atoms with Gasteiger partial charge in [0, 0.05) is 6.54 Å². The standard InChI is InChI=1S/C14H20FN3/c1-4-9-18-12-8-6-7-10(15)13(12)17-14(18)11(5-2)16-3/h6-8,11,16H,4-5,9H2,1-3H3. The van der Waals surface area contributed by atoms with Gasteiger partial charge in [0.1, 0.15) is 11.3 Å². The van der Waals surface area contributed by atoms with Crippen molar-refractivity contribution in [3.63, 3.8) is 0 Å². The fourth-order valence-corrected chi connectivity index (χ4v) is 2.37. The zero-order valence-corrected chi connectivity index (χ0v) is 11.2. The summed E-state index contributed by atoms with van der Waals surface area (Å²) in [5.74, 6) is 0.691. The first-order valence-corrected chi connectivity index (χ1v) is 6.54. The molecule has 0 saturated heterocycles. The number of fused-ring (bicyclic) bond motifs is 1. The summed E-state index contributed by atoms with van der Waals surface area (Å²) in [4.78, 5) is 4.50. The number of nitrogens with zero attached hydrogens (tertiary/aromatic N) is 2. The van der Waals surface area contributed by atoms with E-state index in [1.54, 1.807) is 6.07 Å². The van der Waals surface area contributed by atoms with Crippen molar-refractivity contribution in [1.82, 2.24) is 14.9 Å². The highest BCUT2D eigenvalue weighted by molar-refractivity contribution is 5.76. The highest BCUT2D eigenvalue weighted by Crippen LogP contribution is 2.24. The minimum atomic E-state index is -0.241. The van der Waals surface area contributed by atoms with Crippen LogP contribution in [0.2, 0.25) is 0 Å². The molecular weight excluding hydrogens is 229 g/mol. The van der Waals surface area contributed by atoms with Gasteiger partial charge in [-0.25, -0.2) is 9.37 Å². The van der Waals surface area contributed by atoms with Crippen LogP contribution in [0.3, 0.4) is 0 Å². The highest BCUT2D eigenvalue weighted by atomic mass is 19.1. The molecule has 1 aromatic heterocycles. The van der Waals surface area contributed by atoms with Crippen molar-refractivity contribution in [1.29, 1.82) is 0 Å². The van der Waals surface area contributed by atoms with Crippen molar-refractivity contribution in [2.24, 2.45) is 0 Å². The molecule has 3 nitrogen and oxygen atoms in total. The van der Waals surface area contributed by atoms with Crippen LogP contribution in [0, 0.1) is 5.82 Å². The number of halogens is 1. The van der Waals surface area contributed by atoms with E-state index in [4.69, 9.17) is 0 Å². The number of aromatic nitrogens is 2. The third-order valence-corrected chi connectivity index (χ3v) is 3.27. The third kappa shape index (κ3) is 2.12. The van der Waals surface area contributed by atoms with Gasteiger partial charge in [-0.1, -0.05) is 19.9 Å². The van der Waals surface area contributed by atoms with Crippen LogP contribution in [0.25, 0.3) is 11.0 Å². The Balaban J connectivity index is 2.64. The van der Waals surface area contributed by atoms with E-state index in [0.29, 0.717) is 5.52 Å². The lowest BCUT2D eigenvalue weighted by molar-refractivity contribution is 0.508. The number of benzene rings is 1. The molecule has 0 aliphatic rings. The summed E-state index contributed by atoms with van der Waals surface area (Å²) in [5.41, 5.74) is 1.37. The molecule has 98 valence electrons. The number of hydrogen-bond donors (Lipinski definition) is 1. The molecule has 1 N–H and O–H groups in total. The molecule has 18 heavy (non-hydrogen) atoms. The smallest absolute Gasteiger partial charge is 0.151 e. The van der Waals surface area contributed by atoms with Gasteiger partial charge < -0.3 is 9.88 Å². The fraction of sp³-hybridized carbons (Fsp3) is 0.500. The number of aryl methyl sites for hydroxylation is 1. The van der Waals surface area contributed by atoms with E-state index in [2.05, 4.69) is 28.7 Å². The van der Waals surface area contributed by atoms with Crippen LogP contribution in [0.4, 0.5) is 4.39 Å². The van der Waals surface area contributed by atoms with Gasteiger partial charge in [0.15, 0.2) is 5.82 Å².